The van der Waals surface area contributed by atoms with Crippen LogP contribution in [0, 0.1) is 0 Å². The van der Waals surface area contributed by atoms with E-state index in [1.165, 1.54) is 6.07 Å². The maximum atomic E-state index is 13.2. The molecule has 2 heterocycles. The van der Waals surface area contributed by atoms with Crippen molar-refractivity contribution in [2.24, 2.45) is 0 Å². The monoisotopic (exact) mass is 413 g/mol. The zero-order chi connectivity index (χ0) is 19.7. The molecule has 2 aromatic carbocycles. The summed E-state index contributed by atoms with van der Waals surface area (Å²) >= 11 is 6.13. The molecule has 0 saturated heterocycles. The third-order valence-electron chi connectivity index (χ3n) is 4.47. The summed E-state index contributed by atoms with van der Waals surface area (Å²) in [4.78, 5) is 16.6. The summed E-state index contributed by atoms with van der Waals surface area (Å²) in [6.45, 7) is -0.0593. The fourth-order valence-corrected chi connectivity index (χ4v) is 4.98. The van der Waals surface area contributed by atoms with E-state index in [4.69, 9.17) is 11.6 Å². The zero-order valence-corrected chi connectivity index (χ0v) is 16.2. The third-order valence-corrected chi connectivity index (χ3v) is 6.53. The Bertz CT molecular complexity index is 1150. The van der Waals surface area contributed by atoms with E-state index in [1.54, 1.807) is 54.9 Å². The predicted molar refractivity (Wildman–Crippen MR) is 108 cm³/mol. The van der Waals surface area contributed by atoms with Gasteiger partial charge in [0.05, 0.1) is 10.6 Å². The Hall–Kier alpha value is -2.90. The predicted octanol–water partition coefficient (Wildman–Crippen LogP) is 3.23. The largest absolute Gasteiger partial charge is 0.350 e. The van der Waals surface area contributed by atoms with Crippen molar-refractivity contribution in [2.75, 3.05) is 10.8 Å². The molecule has 0 aliphatic carbocycles. The van der Waals surface area contributed by atoms with Gasteiger partial charge in [0.2, 0.25) is 5.91 Å². The van der Waals surface area contributed by atoms with Crippen molar-refractivity contribution in [1.82, 2.24) is 10.3 Å². The van der Waals surface area contributed by atoms with Crippen LogP contribution in [0.3, 0.4) is 0 Å². The van der Waals surface area contributed by atoms with Crippen LogP contribution in [0.1, 0.15) is 5.56 Å². The first kappa shape index (κ1) is 18.5. The van der Waals surface area contributed by atoms with E-state index in [1.807, 2.05) is 6.07 Å². The second kappa shape index (κ2) is 7.26. The number of halogens is 1. The average Bonchev–Trinajstić information content (AvgIpc) is 2.71. The minimum atomic E-state index is -3.87. The van der Waals surface area contributed by atoms with Gasteiger partial charge in [-0.2, -0.15) is 0 Å². The summed E-state index contributed by atoms with van der Waals surface area (Å²) in [6, 6.07) is 15.3. The van der Waals surface area contributed by atoms with Crippen molar-refractivity contribution in [3.63, 3.8) is 0 Å². The lowest BCUT2D eigenvalue weighted by atomic mass is 10.0. The highest BCUT2D eigenvalue weighted by atomic mass is 35.5. The van der Waals surface area contributed by atoms with Gasteiger partial charge in [-0.3, -0.25) is 14.1 Å². The number of benzene rings is 2. The number of aromatic nitrogens is 1. The molecule has 0 spiro atoms. The number of fused-ring (bicyclic) bond motifs is 3. The molecule has 6 nitrogen and oxygen atoms in total. The number of carbonyl (C=O) groups excluding carboxylic acids is 1. The van der Waals surface area contributed by atoms with E-state index < -0.39 is 15.9 Å². The summed E-state index contributed by atoms with van der Waals surface area (Å²) < 4.78 is 27.5. The fraction of sp³-hybridized carbons (Fsp3) is 0.100. The lowest BCUT2D eigenvalue weighted by Gasteiger charge is -2.31. The van der Waals surface area contributed by atoms with Crippen LogP contribution < -0.4 is 9.62 Å². The molecule has 0 bridgehead atoms. The highest BCUT2D eigenvalue weighted by Crippen LogP contribution is 2.43. The van der Waals surface area contributed by atoms with E-state index in [2.05, 4.69) is 10.3 Å². The first-order valence-electron chi connectivity index (χ1n) is 8.54. The van der Waals surface area contributed by atoms with E-state index in [9.17, 15) is 13.2 Å². The van der Waals surface area contributed by atoms with Gasteiger partial charge in [0, 0.05) is 35.1 Å². The van der Waals surface area contributed by atoms with Gasteiger partial charge >= 0.3 is 0 Å². The first-order valence-corrected chi connectivity index (χ1v) is 10.4. The smallest absolute Gasteiger partial charge is 0.265 e. The topological polar surface area (TPSA) is 79.4 Å². The van der Waals surface area contributed by atoms with Gasteiger partial charge in [-0.15, -0.1) is 0 Å². The van der Waals surface area contributed by atoms with Gasteiger partial charge < -0.3 is 5.32 Å². The lowest BCUT2D eigenvalue weighted by Crippen LogP contribution is -2.42. The molecule has 1 aliphatic heterocycles. The van der Waals surface area contributed by atoms with E-state index in [0.29, 0.717) is 21.8 Å². The molecule has 8 heteroatoms. The summed E-state index contributed by atoms with van der Waals surface area (Å²) in [5.74, 6) is -0.410. The maximum absolute atomic E-state index is 13.2. The molecular formula is C20H16ClN3O3S. The van der Waals surface area contributed by atoms with Crippen LogP contribution >= 0.6 is 11.6 Å². The number of nitrogens with one attached hydrogen (secondary N) is 1. The molecule has 0 atom stereocenters. The molecule has 28 heavy (non-hydrogen) atoms. The van der Waals surface area contributed by atoms with Crippen LogP contribution in [0.2, 0.25) is 5.02 Å². The summed E-state index contributed by atoms with van der Waals surface area (Å²) in [6.07, 6.45) is 3.29. The number of anilines is 1. The van der Waals surface area contributed by atoms with Crippen molar-refractivity contribution < 1.29 is 13.2 Å². The van der Waals surface area contributed by atoms with E-state index in [0.717, 1.165) is 9.87 Å². The van der Waals surface area contributed by atoms with Gasteiger partial charge in [-0.1, -0.05) is 35.9 Å². The Kier molecular flexibility index (Phi) is 4.78. The summed E-state index contributed by atoms with van der Waals surface area (Å²) in [7, 11) is -3.87. The second-order valence-corrected chi connectivity index (χ2v) is 8.57. The molecule has 0 unspecified atom stereocenters. The quantitative estimate of drug-likeness (QED) is 0.712. The molecule has 3 aromatic rings. The molecule has 142 valence electrons. The number of sulfonamides is 1. The van der Waals surface area contributed by atoms with Crippen LogP contribution in [-0.2, 0) is 21.4 Å². The third kappa shape index (κ3) is 3.34. The number of rotatable bonds is 4. The Balaban J connectivity index is 1.66. The number of hydrogen-bond donors (Lipinski definition) is 1. The number of carbonyl (C=O) groups is 1. The summed E-state index contributed by atoms with van der Waals surface area (Å²) in [5.41, 5.74) is 2.51. The van der Waals surface area contributed by atoms with Gasteiger partial charge in [0.1, 0.15) is 6.54 Å². The zero-order valence-electron chi connectivity index (χ0n) is 14.7. The number of hydrogen-bond acceptors (Lipinski definition) is 4. The Morgan fingerprint density at radius 3 is 2.68 bits per heavy atom. The van der Waals surface area contributed by atoms with E-state index in [-0.39, 0.29) is 18.0 Å². The van der Waals surface area contributed by atoms with E-state index >= 15 is 0 Å². The number of nitrogens with zero attached hydrogens (tertiary/aromatic N) is 2. The SMILES string of the molecule is O=C(CN1c2ccc(Cl)cc2-c2ccccc2S1(=O)=O)NCc1cccnc1. The maximum Gasteiger partial charge on any atom is 0.265 e. The van der Waals surface area contributed by atoms with Crippen LogP contribution in [0.15, 0.2) is 71.9 Å². The molecule has 1 aliphatic rings. The first-order chi connectivity index (χ1) is 13.5. The normalized spacial score (nSPS) is 14.1. The standard InChI is InChI=1S/C20H16ClN3O3S/c21-15-7-8-18-17(10-15)16-5-1-2-6-19(16)28(26,27)24(18)13-20(25)23-12-14-4-3-9-22-11-14/h1-11H,12-13H2,(H,23,25). The highest BCUT2D eigenvalue weighted by molar-refractivity contribution is 7.93. The minimum Gasteiger partial charge on any atom is -0.350 e. The van der Waals surface area contributed by atoms with Gasteiger partial charge in [0.15, 0.2) is 0 Å². The van der Waals surface area contributed by atoms with Crippen LogP contribution in [0.25, 0.3) is 11.1 Å². The number of pyridine rings is 1. The van der Waals surface area contributed by atoms with Gasteiger partial charge in [-0.05, 0) is 35.9 Å². The molecular weight excluding hydrogens is 398 g/mol. The molecule has 0 fully saturated rings. The Morgan fingerprint density at radius 2 is 1.89 bits per heavy atom. The van der Waals surface area contributed by atoms with Crippen molar-refractivity contribution in [2.45, 2.75) is 11.4 Å². The molecule has 1 N–H and O–H groups in total. The fourth-order valence-electron chi connectivity index (χ4n) is 3.16. The number of amides is 1. The summed E-state index contributed by atoms with van der Waals surface area (Å²) in [5, 5.41) is 3.23. The van der Waals surface area contributed by atoms with Gasteiger partial charge in [0.25, 0.3) is 10.0 Å². The van der Waals surface area contributed by atoms with Crippen LogP contribution in [0.4, 0.5) is 5.69 Å². The average molecular weight is 414 g/mol. The second-order valence-electron chi connectivity index (χ2n) is 6.31. The van der Waals surface area contributed by atoms with Crippen molar-refractivity contribution in [3.05, 3.63) is 77.6 Å². The van der Waals surface area contributed by atoms with Crippen LogP contribution in [0.5, 0.6) is 0 Å². The Morgan fingerprint density at radius 1 is 1.07 bits per heavy atom. The molecule has 0 radical (unpaired) electrons. The van der Waals surface area contributed by atoms with Crippen molar-refractivity contribution >= 4 is 33.2 Å². The molecule has 1 amide bonds. The van der Waals surface area contributed by atoms with Crippen LogP contribution in [-0.4, -0.2) is 25.9 Å². The molecule has 4 rings (SSSR count). The highest BCUT2D eigenvalue weighted by Gasteiger charge is 2.35. The van der Waals surface area contributed by atoms with Crippen molar-refractivity contribution in [3.8, 4) is 11.1 Å². The minimum absolute atomic E-state index is 0.157. The molecule has 0 saturated carbocycles. The Labute approximate surface area is 167 Å². The lowest BCUT2D eigenvalue weighted by molar-refractivity contribution is -0.119. The van der Waals surface area contributed by atoms with Gasteiger partial charge in [-0.25, -0.2) is 8.42 Å². The molecule has 1 aromatic heterocycles. The van der Waals surface area contributed by atoms with Crippen molar-refractivity contribution in [1.29, 1.82) is 0 Å².